The van der Waals surface area contributed by atoms with Gasteiger partial charge in [0.25, 0.3) is 5.91 Å². The first-order chi connectivity index (χ1) is 12.3. The van der Waals surface area contributed by atoms with Crippen LogP contribution in [0.4, 0.5) is 16.6 Å². The van der Waals surface area contributed by atoms with E-state index in [4.69, 9.17) is 0 Å². The van der Waals surface area contributed by atoms with Gasteiger partial charge in [0.2, 0.25) is 0 Å². The molecule has 6 nitrogen and oxygen atoms in total. The third-order valence-electron chi connectivity index (χ3n) is 3.50. The molecule has 7 heteroatoms. The summed E-state index contributed by atoms with van der Waals surface area (Å²) < 4.78 is 0.928. The summed E-state index contributed by atoms with van der Waals surface area (Å²) in [6.45, 7) is 0. The third kappa shape index (κ3) is 3.46. The molecule has 0 fully saturated rings. The molecule has 4 rings (SSSR count). The summed E-state index contributed by atoms with van der Waals surface area (Å²) in [6, 6.07) is 16.6. The standard InChI is InChI=1S/C18H13N5OS/c24-17(21-13-4-2-1-3-5-13)12-6-7-14-15(10-12)25-18(22-14)23-16-8-9-19-11-20-16/h1-11H,(H,21,24)(H,19,20,22,23). The molecule has 0 bridgehead atoms. The predicted octanol–water partition coefficient (Wildman–Crippen LogP) is 4.08. The maximum absolute atomic E-state index is 12.4. The van der Waals surface area contributed by atoms with E-state index in [1.165, 1.54) is 17.7 Å². The quantitative estimate of drug-likeness (QED) is 0.581. The number of benzene rings is 2. The maximum atomic E-state index is 12.4. The highest BCUT2D eigenvalue weighted by Crippen LogP contribution is 2.28. The summed E-state index contributed by atoms with van der Waals surface area (Å²) in [4.78, 5) is 24.9. The molecule has 0 radical (unpaired) electrons. The van der Waals surface area contributed by atoms with Crippen molar-refractivity contribution < 1.29 is 4.79 Å². The van der Waals surface area contributed by atoms with Gasteiger partial charge in [-0.15, -0.1) is 0 Å². The van der Waals surface area contributed by atoms with Crippen LogP contribution in [0.15, 0.2) is 67.1 Å². The van der Waals surface area contributed by atoms with Gasteiger partial charge in [0.05, 0.1) is 10.2 Å². The highest BCUT2D eigenvalue weighted by atomic mass is 32.1. The van der Waals surface area contributed by atoms with Gasteiger partial charge in [0.1, 0.15) is 12.1 Å². The number of nitrogens with zero attached hydrogens (tertiary/aromatic N) is 3. The first kappa shape index (κ1) is 15.2. The smallest absolute Gasteiger partial charge is 0.255 e. The molecule has 0 saturated heterocycles. The number of hydrogen-bond acceptors (Lipinski definition) is 6. The van der Waals surface area contributed by atoms with Crippen molar-refractivity contribution in [3.05, 3.63) is 72.7 Å². The lowest BCUT2D eigenvalue weighted by atomic mass is 10.2. The number of thiazole rings is 1. The first-order valence-electron chi connectivity index (χ1n) is 7.58. The number of anilines is 3. The minimum atomic E-state index is -0.146. The number of fused-ring (bicyclic) bond motifs is 1. The van der Waals surface area contributed by atoms with Gasteiger partial charge in [-0.25, -0.2) is 15.0 Å². The Labute approximate surface area is 147 Å². The Hall–Kier alpha value is -3.32. The zero-order valence-corrected chi connectivity index (χ0v) is 13.8. The lowest BCUT2D eigenvalue weighted by molar-refractivity contribution is 0.102. The van der Waals surface area contributed by atoms with Gasteiger partial charge in [-0.2, -0.15) is 0 Å². The number of amides is 1. The van der Waals surface area contributed by atoms with Crippen molar-refractivity contribution in [1.29, 1.82) is 0 Å². The lowest BCUT2D eigenvalue weighted by Gasteiger charge is -2.04. The zero-order chi connectivity index (χ0) is 17.1. The average molecular weight is 347 g/mol. The van der Waals surface area contributed by atoms with E-state index in [-0.39, 0.29) is 5.91 Å². The van der Waals surface area contributed by atoms with Crippen molar-refractivity contribution in [2.75, 3.05) is 10.6 Å². The normalized spacial score (nSPS) is 10.6. The van der Waals surface area contributed by atoms with Gasteiger partial charge in [-0.3, -0.25) is 4.79 Å². The molecule has 4 aromatic rings. The maximum Gasteiger partial charge on any atom is 0.255 e. The molecule has 2 aromatic heterocycles. The number of nitrogens with one attached hydrogen (secondary N) is 2. The van der Waals surface area contributed by atoms with Gasteiger partial charge in [-0.05, 0) is 36.4 Å². The molecule has 1 amide bonds. The van der Waals surface area contributed by atoms with Crippen molar-refractivity contribution in [3.63, 3.8) is 0 Å². The largest absolute Gasteiger partial charge is 0.322 e. The Kier molecular flexibility index (Phi) is 4.05. The lowest BCUT2D eigenvalue weighted by Crippen LogP contribution is -2.11. The topological polar surface area (TPSA) is 79.8 Å². The van der Waals surface area contributed by atoms with E-state index >= 15 is 0 Å². The molecule has 0 atom stereocenters. The highest BCUT2D eigenvalue weighted by molar-refractivity contribution is 7.22. The van der Waals surface area contributed by atoms with E-state index in [1.807, 2.05) is 42.5 Å². The first-order valence-corrected chi connectivity index (χ1v) is 8.40. The summed E-state index contributed by atoms with van der Waals surface area (Å²) in [7, 11) is 0. The van der Waals surface area contributed by atoms with Crippen molar-refractivity contribution in [2.45, 2.75) is 0 Å². The second-order valence-corrected chi connectivity index (χ2v) is 6.27. The molecular weight excluding hydrogens is 334 g/mol. The molecule has 0 saturated carbocycles. The minimum Gasteiger partial charge on any atom is -0.322 e. The summed E-state index contributed by atoms with van der Waals surface area (Å²) in [6.07, 6.45) is 3.14. The summed E-state index contributed by atoms with van der Waals surface area (Å²) >= 11 is 1.47. The van der Waals surface area contributed by atoms with Crippen molar-refractivity contribution in [1.82, 2.24) is 15.0 Å². The van der Waals surface area contributed by atoms with Gasteiger partial charge in [-0.1, -0.05) is 29.5 Å². The second kappa shape index (κ2) is 6.66. The summed E-state index contributed by atoms with van der Waals surface area (Å²) in [5, 5.41) is 6.74. The molecule has 0 aliphatic rings. The zero-order valence-electron chi connectivity index (χ0n) is 13.0. The fourth-order valence-electron chi connectivity index (χ4n) is 2.32. The van der Waals surface area contributed by atoms with Crippen LogP contribution < -0.4 is 10.6 Å². The number of para-hydroxylation sites is 1. The molecule has 0 aliphatic carbocycles. The van der Waals surface area contributed by atoms with E-state index in [1.54, 1.807) is 18.3 Å². The van der Waals surface area contributed by atoms with Gasteiger partial charge >= 0.3 is 0 Å². The Morgan fingerprint density at radius 1 is 1.04 bits per heavy atom. The Morgan fingerprint density at radius 2 is 1.92 bits per heavy atom. The van der Waals surface area contributed by atoms with E-state index in [9.17, 15) is 4.79 Å². The molecular formula is C18H13N5OS. The fraction of sp³-hybridized carbons (Fsp3) is 0. The monoisotopic (exact) mass is 347 g/mol. The number of carbonyl (C=O) groups is 1. The number of rotatable bonds is 4. The van der Waals surface area contributed by atoms with Gasteiger partial charge in [0.15, 0.2) is 5.13 Å². The van der Waals surface area contributed by atoms with E-state index in [0.717, 1.165) is 15.9 Å². The number of aromatic nitrogens is 3. The van der Waals surface area contributed by atoms with Crippen molar-refractivity contribution in [3.8, 4) is 0 Å². The molecule has 2 aromatic carbocycles. The Bertz CT molecular complexity index is 1020. The minimum absolute atomic E-state index is 0.146. The Balaban J connectivity index is 1.56. The van der Waals surface area contributed by atoms with Crippen LogP contribution in [0.3, 0.4) is 0 Å². The molecule has 2 N–H and O–H groups in total. The van der Waals surface area contributed by atoms with E-state index in [0.29, 0.717) is 16.5 Å². The van der Waals surface area contributed by atoms with Crippen LogP contribution in [0.5, 0.6) is 0 Å². The van der Waals surface area contributed by atoms with Crippen molar-refractivity contribution in [2.24, 2.45) is 0 Å². The molecule has 0 aliphatic heterocycles. The van der Waals surface area contributed by atoms with Crippen LogP contribution in [0.1, 0.15) is 10.4 Å². The third-order valence-corrected chi connectivity index (χ3v) is 4.43. The average Bonchev–Trinajstić information content (AvgIpc) is 3.04. The summed E-state index contributed by atoms with van der Waals surface area (Å²) in [5.74, 6) is 0.530. The molecule has 0 spiro atoms. The van der Waals surface area contributed by atoms with Gasteiger partial charge < -0.3 is 10.6 Å². The molecule has 25 heavy (non-hydrogen) atoms. The SMILES string of the molecule is O=C(Nc1ccccc1)c1ccc2nc(Nc3ccncn3)sc2c1. The van der Waals surface area contributed by atoms with E-state index in [2.05, 4.69) is 25.6 Å². The molecule has 2 heterocycles. The molecule has 122 valence electrons. The van der Waals surface area contributed by atoms with Crippen LogP contribution in [0.2, 0.25) is 0 Å². The van der Waals surface area contributed by atoms with E-state index < -0.39 is 0 Å². The van der Waals surface area contributed by atoms with Crippen LogP contribution >= 0.6 is 11.3 Å². The predicted molar refractivity (Wildman–Crippen MR) is 99.3 cm³/mol. The Morgan fingerprint density at radius 3 is 2.72 bits per heavy atom. The van der Waals surface area contributed by atoms with Crippen LogP contribution in [0.25, 0.3) is 10.2 Å². The van der Waals surface area contributed by atoms with Crippen LogP contribution in [-0.4, -0.2) is 20.9 Å². The second-order valence-electron chi connectivity index (χ2n) is 5.24. The highest BCUT2D eigenvalue weighted by Gasteiger charge is 2.10. The van der Waals surface area contributed by atoms with Gasteiger partial charge in [0, 0.05) is 17.4 Å². The van der Waals surface area contributed by atoms with Crippen LogP contribution in [-0.2, 0) is 0 Å². The van der Waals surface area contributed by atoms with Crippen LogP contribution in [0, 0.1) is 0 Å². The summed E-state index contributed by atoms with van der Waals surface area (Å²) in [5.41, 5.74) is 2.19. The number of hydrogen-bond donors (Lipinski definition) is 2. The fourth-order valence-corrected chi connectivity index (χ4v) is 3.23. The van der Waals surface area contributed by atoms with Crippen molar-refractivity contribution >= 4 is 44.1 Å². The molecule has 0 unspecified atom stereocenters. The number of carbonyl (C=O) groups excluding carboxylic acids is 1.